The van der Waals surface area contributed by atoms with Crippen molar-refractivity contribution in [3.05, 3.63) is 70.8 Å². The lowest BCUT2D eigenvalue weighted by molar-refractivity contribution is -0.111. The number of anilines is 1. The highest BCUT2D eigenvalue weighted by molar-refractivity contribution is 6.30. The third-order valence-electron chi connectivity index (χ3n) is 4.49. The van der Waals surface area contributed by atoms with Crippen molar-refractivity contribution in [3.63, 3.8) is 0 Å². The Kier molecular flexibility index (Phi) is 6.66. The summed E-state index contributed by atoms with van der Waals surface area (Å²) in [6.07, 6.45) is 8.50. The van der Waals surface area contributed by atoms with Crippen LogP contribution in [0.3, 0.4) is 0 Å². The van der Waals surface area contributed by atoms with Gasteiger partial charge in [-0.3, -0.25) is 4.79 Å². The fourth-order valence-corrected chi connectivity index (χ4v) is 3.26. The molecule has 1 fully saturated rings. The maximum Gasteiger partial charge on any atom is 0.338 e. The average molecular weight is 384 g/mol. The Labute approximate surface area is 164 Å². The van der Waals surface area contributed by atoms with Crippen LogP contribution in [0, 0.1) is 0 Å². The number of carbonyl (C=O) groups is 2. The molecule has 1 N–H and O–H groups in total. The Bertz CT molecular complexity index is 824. The molecule has 3 rings (SSSR count). The van der Waals surface area contributed by atoms with Crippen LogP contribution in [-0.2, 0) is 9.53 Å². The number of hydrogen-bond acceptors (Lipinski definition) is 3. The lowest BCUT2D eigenvalue weighted by Crippen LogP contribution is -2.20. The van der Waals surface area contributed by atoms with Crippen molar-refractivity contribution in [2.75, 3.05) is 5.32 Å². The van der Waals surface area contributed by atoms with Crippen molar-refractivity contribution in [1.29, 1.82) is 0 Å². The monoisotopic (exact) mass is 383 g/mol. The number of esters is 1. The Morgan fingerprint density at radius 2 is 1.78 bits per heavy atom. The summed E-state index contributed by atoms with van der Waals surface area (Å²) in [6, 6.07) is 14.0. The van der Waals surface area contributed by atoms with Crippen molar-refractivity contribution in [2.45, 2.75) is 38.2 Å². The van der Waals surface area contributed by atoms with Crippen LogP contribution < -0.4 is 5.32 Å². The maximum atomic E-state index is 12.2. The zero-order chi connectivity index (χ0) is 19.1. The van der Waals surface area contributed by atoms with Gasteiger partial charge in [-0.25, -0.2) is 4.79 Å². The summed E-state index contributed by atoms with van der Waals surface area (Å²) >= 11 is 5.92. The summed E-state index contributed by atoms with van der Waals surface area (Å²) in [7, 11) is 0. The van der Waals surface area contributed by atoms with Crippen LogP contribution in [0.15, 0.2) is 54.6 Å². The first-order chi connectivity index (χ1) is 13.1. The van der Waals surface area contributed by atoms with Gasteiger partial charge in [0.15, 0.2) is 0 Å². The highest BCUT2D eigenvalue weighted by Gasteiger charge is 2.18. The Hall–Kier alpha value is -2.59. The highest BCUT2D eigenvalue weighted by Crippen LogP contribution is 2.22. The molecule has 0 saturated heterocycles. The molecule has 0 unspecified atom stereocenters. The second kappa shape index (κ2) is 9.38. The van der Waals surface area contributed by atoms with Crippen LogP contribution in [0.25, 0.3) is 6.08 Å². The Morgan fingerprint density at radius 3 is 2.48 bits per heavy atom. The standard InChI is InChI=1S/C22H22ClNO3/c23-18-6-4-5-16(15-18)9-14-21(25)24-19-12-10-17(11-13-19)22(26)27-20-7-2-1-3-8-20/h4-6,9-15,20H,1-3,7-8H2,(H,24,25)/b14-9+. The zero-order valence-corrected chi connectivity index (χ0v) is 15.7. The smallest absolute Gasteiger partial charge is 0.338 e. The SMILES string of the molecule is O=C(/C=C/c1cccc(Cl)c1)Nc1ccc(C(=O)OC2CCCCC2)cc1. The van der Waals surface area contributed by atoms with E-state index < -0.39 is 0 Å². The molecule has 0 radical (unpaired) electrons. The predicted octanol–water partition coefficient (Wildman–Crippen LogP) is 5.48. The third kappa shape index (κ3) is 5.97. The normalized spacial score (nSPS) is 14.9. The number of nitrogens with one attached hydrogen (secondary N) is 1. The van der Waals surface area contributed by atoms with Crippen molar-refractivity contribution in [3.8, 4) is 0 Å². The molecule has 0 aromatic heterocycles. The number of rotatable bonds is 5. The summed E-state index contributed by atoms with van der Waals surface area (Å²) in [5.41, 5.74) is 1.96. The minimum Gasteiger partial charge on any atom is -0.459 e. The largest absolute Gasteiger partial charge is 0.459 e. The first kappa shape index (κ1) is 19.2. The summed E-state index contributed by atoms with van der Waals surface area (Å²) in [5, 5.41) is 3.38. The van der Waals surface area contributed by atoms with E-state index in [2.05, 4.69) is 5.32 Å². The molecular formula is C22H22ClNO3. The molecule has 1 amide bonds. The Balaban J connectivity index is 1.53. The van der Waals surface area contributed by atoms with E-state index in [1.165, 1.54) is 12.5 Å². The number of hydrogen-bond donors (Lipinski definition) is 1. The second-order valence-electron chi connectivity index (χ2n) is 6.62. The van der Waals surface area contributed by atoms with Crippen LogP contribution in [0.1, 0.15) is 48.0 Å². The first-order valence-corrected chi connectivity index (χ1v) is 9.53. The van der Waals surface area contributed by atoms with Crippen LogP contribution in [0.2, 0.25) is 5.02 Å². The maximum absolute atomic E-state index is 12.2. The molecule has 0 atom stereocenters. The summed E-state index contributed by atoms with van der Waals surface area (Å²) in [6.45, 7) is 0. The van der Waals surface area contributed by atoms with Gasteiger partial charge >= 0.3 is 5.97 Å². The minimum atomic E-state index is -0.305. The van der Waals surface area contributed by atoms with Gasteiger partial charge in [0.1, 0.15) is 6.10 Å². The van der Waals surface area contributed by atoms with Gasteiger partial charge in [0.05, 0.1) is 5.56 Å². The van der Waals surface area contributed by atoms with Crippen molar-refractivity contribution in [1.82, 2.24) is 0 Å². The van der Waals surface area contributed by atoms with Gasteiger partial charge in [-0.2, -0.15) is 0 Å². The van der Waals surface area contributed by atoms with Gasteiger partial charge in [-0.15, -0.1) is 0 Å². The van der Waals surface area contributed by atoms with E-state index in [-0.39, 0.29) is 18.0 Å². The molecule has 1 saturated carbocycles. The van der Waals surface area contributed by atoms with E-state index in [0.717, 1.165) is 31.2 Å². The number of ether oxygens (including phenoxy) is 1. The molecule has 5 heteroatoms. The fourth-order valence-electron chi connectivity index (χ4n) is 3.06. The number of halogens is 1. The van der Waals surface area contributed by atoms with Crippen molar-refractivity contribution in [2.24, 2.45) is 0 Å². The summed E-state index contributed by atoms with van der Waals surface area (Å²) in [5.74, 6) is -0.562. The quantitative estimate of drug-likeness (QED) is 0.549. The van der Waals surface area contributed by atoms with E-state index >= 15 is 0 Å². The molecule has 1 aliphatic carbocycles. The molecule has 2 aromatic rings. The second-order valence-corrected chi connectivity index (χ2v) is 7.06. The number of benzene rings is 2. The van der Waals surface area contributed by atoms with Gasteiger partial charge in [-0.05, 0) is 73.7 Å². The molecule has 0 bridgehead atoms. The van der Waals surface area contributed by atoms with Gasteiger partial charge in [0.2, 0.25) is 5.91 Å². The lowest BCUT2D eigenvalue weighted by Gasteiger charge is -2.21. The Morgan fingerprint density at radius 1 is 1.04 bits per heavy atom. The first-order valence-electron chi connectivity index (χ1n) is 9.16. The van der Waals surface area contributed by atoms with Gasteiger partial charge in [0.25, 0.3) is 0 Å². The lowest BCUT2D eigenvalue weighted by atomic mass is 9.98. The van der Waals surface area contributed by atoms with Crippen molar-refractivity contribution < 1.29 is 14.3 Å². The van der Waals surface area contributed by atoms with E-state index in [0.29, 0.717) is 16.3 Å². The van der Waals surface area contributed by atoms with E-state index in [9.17, 15) is 9.59 Å². The molecule has 1 aliphatic rings. The molecule has 0 aliphatic heterocycles. The molecule has 2 aromatic carbocycles. The summed E-state index contributed by atoms with van der Waals surface area (Å²) < 4.78 is 5.55. The molecule has 140 valence electrons. The zero-order valence-electron chi connectivity index (χ0n) is 15.0. The minimum absolute atomic E-state index is 0.0299. The number of carbonyl (C=O) groups excluding carboxylic acids is 2. The molecule has 27 heavy (non-hydrogen) atoms. The molecule has 0 spiro atoms. The molecule has 4 nitrogen and oxygen atoms in total. The number of amides is 1. The van der Waals surface area contributed by atoms with E-state index in [1.807, 2.05) is 12.1 Å². The van der Waals surface area contributed by atoms with E-state index in [4.69, 9.17) is 16.3 Å². The fraction of sp³-hybridized carbons (Fsp3) is 0.273. The van der Waals surface area contributed by atoms with Crippen molar-refractivity contribution >= 4 is 35.2 Å². The third-order valence-corrected chi connectivity index (χ3v) is 4.72. The molecule has 0 heterocycles. The molecular weight excluding hydrogens is 362 g/mol. The van der Waals surface area contributed by atoms with Crippen LogP contribution in [-0.4, -0.2) is 18.0 Å². The van der Waals surface area contributed by atoms with Crippen LogP contribution >= 0.6 is 11.6 Å². The van der Waals surface area contributed by atoms with Gasteiger partial charge in [0, 0.05) is 16.8 Å². The van der Waals surface area contributed by atoms with Gasteiger partial charge in [-0.1, -0.05) is 30.2 Å². The van der Waals surface area contributed by atoms with Crippen LogP contribution in [0.4, 0.5) is 5.69 Å². The average Bonchev–Trinajstić information content (AvgIpc) is 2.68. The van der Waals surface area contributed by atoms with Gasteiger partial charge < -0.3 is 10.1 Å². The topological polar surface area (TPSA) is 55.4 Å². The van der Waals surface area contributed by atoms with Crippen LogP contribution in [0.5, 0.6) is 0 Å². The highest BCUT2D eigenvalue weighted by atomic mass is 35.5. The predicted molar refractivity (Wildman–Crippen MR) is 108 cm³/mol. The van der Waals surface area contributed by atoms with E-state index in [1.54, 1.807) is 42.5 Å². The summed E-state index contributed by atoms with van der Waals surface area (Å²) in [4.78, 5) is 24.2.